The maximum absolute atomic E-state index is 13.2. The quantitative estimate of drug-likeness (QED) is 0.363. The summed E-state index contributed by atoms with van der Waals surface area (Å²) in [4.78, 5) is 25.8. The number of nitrogens with zero attached hydrogens (tertiary/aromatic N) is 1. The zero-order chi connectivity index (χ0) is 22.2. The standard InChI is InChI=1S/C24H18N4O3S/c1-31-19-7-6-14(23(25)29)10-18(19)27-24(30)15-8-16-12-26-28-22(16)17(9-15)21-11-13-4-2-3-5-20(13)32-21/h2-12H,1H3,(H2,25,29)(H,26,28)(H,27,30). The zero-order valence-electron chi connectivity index (χ0n) is 17.0. The number of methoxy groups -OCH3 is 1. The number of H-pyrrole nitrogens is 1. The molecule has 2 aromatic heterocycles. The minimum absolute atomic E-state index is 0.275. The van der Waals surface area contributed by atoms with Crippen LogP contribution in [0.4, 0.5) is 5.69 Å². The number of aromatic amines is 1. The summed E-state index contributed by atoms with van der Waals surface area (Å²) in [5, 5.41) is 12.0. The molecular formula is C24H18N4O3S. The summed E-state index contributed by atoms with van der Waals surface area (Å²) in [6.45, 7) is 0. The van der Waals surface area contributed by atoms with Crippen LogP contribution in [0, 0.1) is 0 Å². The number of thiophene rings is 1. The number of rotatable bonds is 5. The molecule has 5 aromatic rings. The minimum atomic E-state index is -0.588. The van der Waals surface area contributed by atoms with Gasteiger partial charge in [0.1, 0.15) is 5.75 Å². The topological polar surface area (TPSA) is 110 Å². The number of primary amides is 1. The maximum Gasteiger partial charge on any atom is 0.255 e. The van der Waals surface area contributed by atoms with Gasteiger partial charge in [0.2, 0.25) is 5.91 Å². The first-order valence-corrected chi connectivity index (χ1v) is 10.6. The van der Waals surface area contributed by atoms with Gasteiger partial charge in [0.25, 0.3) is 5.91 Å². The Morgan fingerprint density at radius 2 is 1.88 bits per heavy atom. The van der Waals surface area contributed by atoms with E-state index in [1.807, 2.05) is 18.2 Å². The molecule has 5 rings (SSSR count). The van der Waals surface area contributed by atoms with Crippen molar-refractivity contribution in [2.75, 3.05) is 12.4 Å². The van der Waals surface area contributed by atoms with Crippen molar-refractivity contribution in [3.63, 3.8) is 0 Å². The second-order valence-corrected chi connectivity index (χ2v) is 8.32. The molecule has 0 aliphatic rings. The number of nitrogens with one attached hydrogen (secondary N) is 2. The number of fused-ring (bicyclic) bond motifs is 2. The molecule has 7 nitrogen and oxygen atoms in total. The van der Waals surface area contributed by atoms with Crippen LogP contribution in [0.1, 0.15) is 20.7 Å². The van der Waals surface area contributed by atoms with Gasteiger partial charge in [-0.2, -0.15) is 5.10 Å². The largest absolute Gasteiger partial charge is 0.495 e. The number of carbonyl (C=O) groups excluding carboxylic acids is 2. The highest BCUT2D eigenvalue weighted by atomic mass is 32.1. The van der Waals surface area contributed by atoms with Crippen LogP contribution in [-0.2, 0) is 0 Å². The zero-order valence-corrected chi connectivity index (χ0v) is 17.8. The van der Waals surface area contributed by atoms with Gasteiger partial charge in [0.05, 0.1) is 24.5 Å². The number of aromatic nitrogens is 2. The summed E-state index contributed by atoms with van der Waals surface area (Å²) in [6, 6.07) is 18.5. The Kier molecular flexibility index (Phi) is 4.84. The third-order valence-corrected chi connectivity index (χ3v) is 6.38. The van der Waals surface area contributed by atoms with E-state index < -0.39 is 5.91 Å². The van der Waals surface area contributed by atoms with Crippen LogP contribution >= 0.6 is 11.3 Å². The molecule has 3 aromatic carbocycles. The van der Waals surface area contributed by atoms with Crippen LogP contribution in [-0.4, -0.2) is 29.1 Å². The van der Waals surface area contributed by atoms with Crippen molar-refractivity contribution in [3.05, 3.63) is 78.0 Å². The Morgan fingerprint density at radius 3 is 2.66 bits per heavy atom. The highest BCUT2D eigenvalue weighted by molar-refractivity contribution is 7.22. The van der Waals surface area contributed by atoms with E-state index in [4.69, 9.17) is 10.5 Å². The van der Waals surface area contributed by atoms with Crippen molar-refractivity contribution in [1.29, 1.82) is 0 Å². The fourth-order valence-electron chi connectivity index (χ4n) is 3.65. The lowest BCUT2D eigenvalue weighted by Crippen LogP contribution is -2.15. The summed E-state index contributed by atoms with van der Waals surface area (Å²) >= 11 is 1.65. The lowest BCUT2D eigenvalue weighted by Gasteiger charge is -2.12. The van der Waals surface area contributed by atoms with Crippen molar-refractivity contribution in [2.45, 2.75) is 0 Å². The van der Waals surface area contributed by atoms with Crippen molar-refractivity contribution in [1.82, 2.24) is 10.2 Å². The van der Waals surface area contributed by atoms with Crippen LogP contribution in [0.3, 0.4) is 0 Å². The fourth-order valence-corrected chi connectivity index (χ4v) is 4.74. The molecule has 4 N–H and O–H groups in total. The predicted molar refractivity (Wildman–Crippen MR) is 126 cm³/mol. The van der Waals surface area contributed by atoms with E-state index in [-0.39, 0.29) is 11.5 Å². The Morgan fingerprint density at radius 1 is 1.03 bits per heavy atom. The maximum atomic E-state index is 13.2. The molecule has 0 aliphatic carbocycles. The average Bonchev–Trinajstić information content (AvgIpc) is 3.45. The normalized spacial score (nSPS) is 11.0. The molecule has 0 spiro atoms. The van der Waals surface area contributed by atoms with Crippen molar-refractivity contribution >= 4 is 49.8 Å². The molecular weight excluding hydrogens is 424 g/mol. The van der Waals surface area contributed by atoms with Crippen LogP contribution in [0.15, 0.2) is 66.9 Å². The molecule has 158 valence electrons. The highest BCUT2D eigenvalue weighted by Crippen LogP contribution is 2.37. The van der Waals surface area contributed by atoms with E-state index in [9.17, 15) is 9.59 Å². The first-order valence-electron chi connectivity index (χ1n) is 9.79. The number of ether oxygens (including phenoxy) is 1. The lowest BCUT2D eigenvalue weighted by atomic mass is 10.0. The molecule has 0 atom stereocenters. The van der Waals surface area contributed by atoms with Crippen LogP contribution < -0.4 is 15.8 Å². The Bertz CT molecular complexity index is 1470. The van der Waals surface area contributed by atoms with E-state index in [0.29, 0.717) is 17.0 Å². The van der Waals surface area contributed by atoms with Gasteiger partial charge in [-0.1, -0.05) is 18.2 Å². The van der Waals surface area contributed by atoms with Gasteiger partial charge in [-0.05, 0) is 47.9 Å². The van der Waals surface area contributed by atoms with Crippen LogP contribution in [0.25, 0.3) is 31.4 Å². The summed E-state index contributed by atoms with van der Waals surface area (Å²) in [6.07, 6.45) is 1.69. The molecule has 0 radical (unpaired) electrons. The summed E-state index contributed by atoms with van der Waals surface area (Å²) in [5.74, 6) is -0.497. The molecule has 0 fully saturated rings. The van der Waals surface area contributed by atoms with Gasteiger partial charge in [-0.3, -0.25) is 14.7 Å². The third-order valence-electron chi connectivity index (χ3n) is 5.23. The SMILES string of the molecule is COc1ccc(C(N)=O)cc1NC(=O)c1cc(-c2cc3ccccc3s2)c2[nH]ncc2c1. The predicted octanol–water partition coefficient (Wildman–Crippen LogP) is 4.80. The first kappa shape index (κ1) is 19.8. The lowest BCUT2D eigenvalue weighted by molar-refractivity contribution is 0.0996. The number of nitrogens with two attached hydrogens (primary N) is 1. The summed E-state index contributed by atoms with van der Waals surface area (Å²) in [5.41, 5.74) is 8.23. The Hall–Kier alpha value is -4.17. The fraction of sp³-hybridized carbons (Fsp3) is 0.0417. The number of carbonyl (C=O) groups is 2. The van der Waals surface area contributed by atoms with Gasteiger partial charge >= 0.3 is 0 Å². The summed E-state index contributed by atoms with van der Waals surface area (Å²) < 4.78 is 6.49. The van der Waals surface area contributed by atoms with Crippen molar-refractivity contribution < 1.29 is 14.3 Å². The summed E-state index contributed by atoms with van der Waals surface area (Å²) in [7, 11) is 1.49. The third kappa shape index (κ3) is 3.46. The second-order valence-electron chi connectivity index (χ2n) is 7.24. The molecule has 2 heterocycles. The van der Waals surface area contributed by atoms with E-state index in [0.717, 1.165) is 31.4 Å². The monoisotopic (exact) mass is 442 g/mol. The molecule has 0 aliphatic heterocycles. The van der Waals surface area contributed by atoms with E-state index >= 15 is 0 Å². The van der Waals surface area contributed by atoms with Crippen LogP contribution in [0.2, 0.25) is 0 Å². The number of benzene rings is 3. The van der Waals surface area contributed by atoms with Crippen LogP contribution in [0.5, 0.6) is 5.75 Å². The smallest absolute Gasteiger partial charge is 0.255 e. The van der Waals surface area contributed by atoms with Gasteiger partial charge in [0.15, 0.2) is 0 Å². The average molecular weight is 443 g/mol. The molecule has 2 amide bonds. The van der Waals surface area contributed by atoms with Gasteiger partial charge in [-0.15, -0.1) is 11.3 Å². The molecule has 0 saturated heterocycles. The first-order chi connectivity index (χ1) is 15.5. The minimum Gasteiger partial charge on any atom is -0.495 e. The number of hydrogen-bond acceptors (Lipinski definition) is 5. The van der Waals surface area contributed by atoms with E-state index in [1.165, 1.54) is 13.2 Å². The van der Waals surface area contributed by atoms with E-state index in [1.54, 1.807) is 35.7 Å². The van der Waals surface area contributed by atoms with Crippen molar-refractivity contribution in [3.8, 4) is 16.2 Å². The Labute approximate surface area is 186 Å². The highest BCUT2D eigenvalue weighted by Gasteiger charge is 2.17. The van der Waals surface area contributed by atoms with Gasteiger partial charge in [0, 0.05) is 31.7 Å². The van der Waals surface area contributed by atoms with Crippen molar-refractivity contribution in [2.24, 2.45) is 5.73 Å². The molecule has 32 heavy (non-hydrogen) atoms. The van der Waals surface area contributed by atoms with Gasteiger partial charge < -0.3 is 15.8 Å². The molecule has 0 saturated carbocycles. The second kappa shape index (κ2) is 7.82. The number of hydrogen-bond donors (Lipinski definition) is 3. The molecule has 8 heteroatoms. The van der Waals surface area contributed by atoms with E-state index in [2.05, 4.69) is 33.7 Å². The Balaban J connectivity index is 1.57. The molecule has 0 bridgehead atoms. The number of amides is 2. The molecule has 0 unspecified atom stereocenters. The number of anilines is 1. The van der Waals surface area contributed by atoms with Gasteiger partial charge in [-0.25, -0.2) is 0 Å².